The van der Waals surface area contributed by atoms with Gasteiger partial charge in [0.15, 0.2) is 0 Å². The topological polar surface area (TPSA) is 93.1 Å². The van der Waals surface area contributed by atoms with Crippen LogP contribution in [0.15, 0.2) is 66.3 Å². The van der Waals surface area contributed by atoms with E-state index >= 15 is 0 Å². The molecule has 35 heavy (non-hydrogen) atoms. The normalized spacial score (nSPS) is 13.1. The zero-order valence-electron chi connectivity index (χ0n) is 18.9. The van der Waals surface area contributed by atoms with E-state index in [0.717, 1.165) is 38.4 Å². The highest BCUT2D eigenvalue weighted by atomic mass is 32.1. The maximum absolute atomic E-state index is 13.3. The quantitative estimate of drug-likeness (QED) is 0.381. The molecule has 174 valence electrons. The predicted octanol–water partition coefficient (Wildman–Crippen LogP) is 4.46. The Morgan fingerprint density at radius 2 is 2.00 bits per heavy atom. The van der Waals surface area contributed by atoms with Crippen LogP contribution in [-0.2, 0) is 17.7 Å². The Balaban J connectivity index is 1.24. The Labute approximate surface area is 204 Å². The van der Waals surface area contributed by atoms with Gasteiger partial charge in [-0.1, -0.05) is 18.2 Å². The lowest BCUT2D eigenvalue weighted by molar-refractivity contribution is 0.0600. The van der Waals surface area contributed by atoms with E-state index < -0.39 is 0 Å². The van der Waals surface area contributed by atoms with Crippen LogP contribution in [0, 0.1) is 0 Å². The third-order valence-corrected chi connectivity index (χ3v) is 7.15. The number of esters is 1. The molecule has 8 nitrogen and oxygen atoms in total. The van der Waals surface area contributed by atoms with E-state index in [1.165, 1.54) is 18.4 Å². The van der Waals surface area contributed by atoms with Crippen molar-refractivity contribution in [2.24, 2.45) is 0 Å². The molecule has 9 heteroatoms. The summed E-state index contributed by atoms with van der Waals surface area (Å²) >= 11 is 1.43. The number of rotatable bonds is 4. The van der Waals surface area contributed by atoms with Gasteiger partial charge in [-0.2, -0.15) is 5.10 Å². The van der Waals surface area contributed by atoms with Crippen molar-refractivity contribution in [1.82, 2.24) is 24.6 Å². The highest BCUT2D eigenvalue weighted by molar-refractivity contribution is 7.13. The summed E-state index contributed by atoms with van der Waals surface area (Å²) in [6.45, 7) is 1.05. The predicted molar refractivity (Wildman–Crippen MR) is 133 cm³/mol. The molecule has 0 atom stereocenters. The highest BCUT2D eigenvalue weighted by Crippen LogP contribution is 2.30. The molecule has 0 aliphatic carbocycles. The van der Waals surface area contributed by atoms with Gasteiger partial charge in [-0.15, -0.1) is 11.3 Å². The maximum Gasteiger partial charge on any atom is 0.337 e. The Morgan fingerprint density at radius 1 is 1.14 bits per heavy atom. The van der Waals surface area contributed by atoms with E-state index in [-0.39, 0.29) is 11.9 Å². The number of H-pyrrole nitrogens is 1. The second-order valence-electron chi connectivity index (χ2n) is 8.36. The van der Waals surface area contributed by atoms with Crippen molar-refractivity contribution in [1.29, 1.82) is 0 Å². The van der Waals surface area contributed by atoms with Crippen molar-refractivity contribution < 1.29 is 14.3 Å². The van der Waals surface area contributed by atoms with Crippen LogP contribution < -0.4 is 0 Å². The van der Waals surface area contributed by atoms with Gasteiger partial charge in [-0.3, -0.25) is 4.79 Å². The van der Waals surface area contributed by atoms with Gasteiger partial charge in [0.1, 0.15) is 10.7 Å². The number of nitrogens with one attached hydrogen (secondary N) is 1. The molecule has 3 aromatic heterocycles. The van der Waals surface area contributed by atoms with Crippen LogP contribution in [0.3, 0.4) is 0 Å². The summed E-state index contributed by atoms with van der Waals surface area (Å²) in [6, 6.07) is 15.3. The molecule has 5 aromatic rings. The first-order valence-electron chi connectivity index (χ1n) is 11.2. The fourth-order valence-electron chi connectivity index (χ4n) is 4.45. The lowest BCUT2D eigenvalue weighted by Crippen LogP contribution is -2.36. The number of carbonyl (C=O) groups excluding carboxylic acids is 2. The van der Waals surface area contributed by atoms with E-state index in [0.29, 0.717) is 30.8 Å². The summed E-state index contributed by atoms with van der Waals surface area (Å²) in [5, 5.41) is 7.93. The minimum atomic E-state index is -0.379. The minimum Gasteiger partial charge on any atom is -0.465 e. The molecular weight excluding hydrogens is 462 g/mol. The second-order valence-corrected chi connectivity index (χ2v) is 9.22. The lowest BCUT2D eigenvalue weighted by atomic mass is 10.0. The van der Waals surface area contributed by atoms with Crippen LogP contribution in [-0.4, -0.2) is 50.2 Å². The summed E-state index contributed by atoms with van der Waals surface area (Å²) in [5.74, 6) is -0.483. The molecule has 0 bridgehead atoms. The zero-order valence-corrected chi connectivity index (χ0v) is 19.7. The molecule has 0 saturated carbocycles. The van der Waals surface area contributed by atoms with Gasteiger partial charge in [0, 0.05) is 58.8 Å². The SMILES string of the molecule is COC(=O)c1ccc2[nH]c3c(c2c1)CN(C(=O)c1csc(-c2cnn(-c4ccccc4)c2)n1)CC3. The maximum atomic E-state index is 13.3. The largest absolute Gasteiger partial charge is 0.465 e. The molecule has 6 rings (SSSR count). The standard InChI is InChI=1S/C26H21N5O3S/c1-34-26(33)16-7-8-21-19(11-16)20-14-30(10-9-22(20)28-21)25(32)23-15-35-24(29-23)17-12-27-31(13-17)18-5-3-2-4-6-18/h2-8,11-13,15,28H,9-10,14H2,1H3. The Kier molecular flexibility index (Phi) is 5.18. The van der Waals surface area contributed by atoms with Crippen molar-refractivity contribution >= 4 is 34.1 Å². The number of methoxy groups -OCH3 is 1. The van der Waals surface area contributed by atoms with Crippen molar-refractivity contribution in [3.63, 3.8) is 0 Å². The van der Waals surface area contributed by atoms with Crippen LogP contribution in [0.4, 0.5) is 0 Å². The summed E-state index contributed by atoms with van der Waals surface area (Å²) in [5.41, 5.74) is 5.82. The molecule has 0 unspecified atom stereocenters. The molecule has 4 heterocycles. The van der Waals surface area contributed by atoms with Crippen molar-refractivity contribution in [2.45, 2.75) is 13.0 Å². The van der Waals surface area contributed by atoms with Crippen LogP contribution in [0.2, 0.25) is 0 Å². The molecule has 0 fully saturated rings. The van der Waals surface area contributed by atoms with Crippen LogP contribution >= 0.6 is 11.3 Å². The van der Waals surface area contributed by atoms with Gasteiger partial charge in [0.25, 0.3) is 5.91 Å². The van der Waals surface area contributed by atoms with E-state index in [9.17, 15) is 9.59 Å². The zero-order chi connectivity index (χ0) is 23.9. The Bertz CT molecular complexity index is 1570. The number of aromatic nitrogens is 4. The van der Waals surface area contributed by atoms with Crippen molar-refractivity contribution in [2.75, 3.05) is 13.7 Å². The van der Waals surface area contributed by atoms with Crippen LogP contribution in [0.5, 0.6) is 0 Å². The van der Waals surface area contributed by atoms with Gasteiger partial charge in [0.05, 0.1) is 24.6 Å². The van der Waals surface area contributed by atoms with Gasteiger partial charge in [0.2, 0.25) is 0 Å². The Morgan fingerprint density at radius 3 is 2.83 bits per heavy atom. The van der Waals surface area contributed by atoms with Gasteiger partial charge in [-0.05, 0) is 30.3 Å². The van der Waals surface area contributed by atoms with Crippen molar-refractivity contribution in [3.05, 3.63) is 88.8 Å². The first-order valence-corrected chi connectivity index (χ1v) is 12.1. The number of ether oxygens (including phenoxy) is 1. The first kappa shape index (κ1) is 21.3. The number of para-hydroxylation sites is 1. The number of carbonyl (C=O) groups is 2. The monoisotopic (exact) mass is 483 g/mol. The number of thiazole rings is 1. The number of amides is 1. The average Bonchev–Trinajstić information content (AvgIpc) is 3.66. The molecule has 1 N–H and O–H groups in total. The summed E-state index contributed by atoms with van der Waals surface area (Å²) < 4.78 is 6.66. The average molecular weight is 484 g/mol. The number of hydrogen-bond acceptors (Lipinski definition) is 6. The third-order valence-electron chi connectivity index (χ3n) is 6.26. The molecule has 1 amide bonds. The van der Waals surface area contributed by atoms with Crippen molar-refractivity contribution in [3.8, 4) is 16.3 Å². The molecule has 0 spiro atoms. The van der Waals surface area contributed by atoms with E-state index in [1.807, 2.05) is 53.6 Å². The van der Waals surface area contributed by atoms with Gasteiger partial charge in [-0.25, -0.2) is 14.5 Å². The minimum absolute atomic E-state index is 0.105. The molecule has 0 radical (unpaired) electrons. The highest BCUT2D eigenvalue weighted by Gasteiger charge is 2.27. The Hall–Kier alpha value is -4.24. The third kappa shape index (κ3) is 3.79. The molecule has 2 aromatic carbocycles. The molecular formula is C26H21N5O3S. The van der Waals surface area contributed by atoms with Gasteiger partial charge < -0.3 is 14.6 Å². The van der Waals surface area contributed by atoms with Crippen LogP contribution in [0.25, 0.3) is 27.2 Å². The van der Waals surface area contributed by atoms with E-state index in [2.05, 4.69) is 15.1 Å². The summed E-state index contributed by atoms with van der Waals surface area (Å²) in [6.07, 6.45) is 4.39. The smallest absolute Gasteiger partial charge is 0.337 e. The molecule has 1 aliphatic rings. The first-order chi connectivity index (χ1) is 17.1. The number of fused-ring (bicyclic) bond motifs is 3. The number of nitrogens with zero attached hydrogens (tertiary/aromatic N) is 4. The lowest BCUT2D eigenvalue weighted by Gasteiger charge is -2.26. The summed E-state index contributed by atoms with van der Waals surface area (Å²) in [4.78, 5) is 35.2. The van der Waals surface area contributed by atoms with E-state index in [1.54, 1.807) is 22.3 Å². The fraction of sp³-hybridized carbons (Fsp3) is 0.154. The fourth-order valence-corrected chi connectivity index (χ4v) is 5.22. The van der Waals surface area contributed by atoms with Gasteiger partial charge >= 0.3 is 5.97 Å². The van der Waals surface area contributed by atoms with Crippen LogP contribution in [0.1, 0.15) is 32.1 Å². The summed E-state index contributed by atoms with van der Waals surface area (Å²) in [7, 11) is 1.37. The number of benzene rings is 2. The second kappa shape index (κ2) is 8.52. The number of hydrogen-bond donors (Lipinski definition) is 1. The molecule has 0 saturated heterocycles. The molecule has 1 aliphatic heterocycles. The number of aromatic amines is 1. The van der Waals surface area contributed by atoms with E-state index in [4.69, 9.17) is 4.74 Å².